The lowest BCUT2D eigenvalue weighted by atomic mass is 10.2. The first-order chi connectivity index (χ1) is 8.74. The molecule has 4 heteroatoms. The number of halogens is 1. The predicted octanol–water partition coefficient (Wildman–Crippen LogP) is 3.30. The number of benzene rings is 2. The summed E-state index contributed by atoms with van der Waals surface area (Å²) in [7, 11) is 0. The van der Waals surface area contributed by atoms with Crippen LogP contribution < -0.4 is 4.74 Å². The summed E-state index contributed by atoms with van der Waals surface area (Å²) in [6.07, 6.45) is 0.402. The van der Waals surface area contributed by atoms with E-state index in [0.29, 0.717) is 17.6 Å². The van der Waals surface area contributed by atoms with Gasteiger partial charge >= 0.3 is 0 Å². The van der Waals surface area contributed by atoms with Gasteiger partial charge in [0.15, 0.2) is 6.29 Å². The van der Waals surface area contributed by atoms with Crippen molar-refractivity contribution in [2.45, 2.75) is 0 Å². The number of carbonyl (C=O) groups excluding carboxylic acids is 1. The molecule has 0 saturated heterocycles. The van der Waals surface area contributed by atoms with E-state index in [1.807, 2.05) is 6.07 Å². The van der Waals surface area contributed by atoms with E-state index in [-0.39, 0.29) is 11.3 Å². The summed E-state index contributed by atoms with van der Waals surface area (Å²) in [6.45, 7) is 0. The highest BCUT2D eigenvalue weighted by molar-refractivity contribution is 5.79. The predicted molar refractivity (Wildman–Crippen MR) is 63.0 cm³/mol. The van der Waals surface area contributed by atoms with Crippen LogP contribution in [0.15, 0.2) is 42.5 Å². The van der Waals surface area contributed by atoms with Crippen LogP contribution in [0.2, 0.25) is 0 Å². The lowest BCUT2D eigenvalue weighted by Crippen LogP contribution is -1.94. The molecule has 0 heterocycles. The van der Waals surface area contributed by atoms with Crippen LogP contribution in [0.1, 0.15) is 15.9 Å². The van der Waals surface area contributed by atoms with E-state index in [9.17, 15) is 9.18 Å². The molecule has 0 aliphatic rings. The Hall–Kier alpha value is -2.67. The second-order valence-electron chi connectivity index (χ2n) is 3.51. The fourth-order valence-corrected chi connectivity index (χ4v) is 1.48. The van der Waals surface area contributed by atoms with E-state index in [1.54, 1.807) is 18.2 Å². The maximum atomic E-state index is 13.3. The first-order valence-electron chi connectivity index (χ1n) is 5.16. The highest BCUT2D eigenvalue weighted by atomic mass is 19.1. The molecule has 88 valence electrons. The van der Waals surface area contributed by atoms with Crippen LogP contribution in [-0.2, 0) is 0 Å². The Morgan fingerprint density at radius 1 is 1.22 bits per heavy atom. The van der Waals surface area contributed by atoms with Gasteiger partial charge in [0.1, 0.15) is 17.3 Å². The lowest BCUT2D eigenvalue weighted by Gasteiger charge is -2.08. The molecular formula is C14H8FNO2. The maximum absolute atomic E-state index is 13.3. The molecular weight excluding hydrogens is 233 g/mol. The van der Waals surface area contributed by atoms with Gasteiger partial charge in [0.2, 0.25) is 0 Å². The van der Waals surface area contributed by atoms with Crippen molar-refractivity contribution in [1.29, 1.82) is 5.26 Å². The van der Waals surface area contributed by atoms with Crippen molar-refractivity contribution in [2.24, 2.45) is 0 Å². The number of rotatable bonds is 3. The summed E-state index contributed by atoms with van der Waals surface area (Å²) in [5.74, 6) is -0.137. The van der Waals surface area contributed by atoms with Crippen molar-refractivity contribution >= 4 is 6.29 Å². The summed E-state index contributed by atoms with van der Waals surface area (Å²) in [4.78, 5) is 10.8. The number of nitrogens with zero attached hydrogens (tertiary/aromatic N) is 1. The minimum atomic E-state index is -0.640. The number of nitriles is 1. The minimum absolute atomic E-state index is 0.125. The molecule has 0 aliphatic heterocycles. The first kappa shape index (κ1) is 11.8. The van der Waals surface area contributed by atoms with Crippen molar-refractivity contribution < 1.29 is 13.9 Å². The molecule has 0 amide bonds. The second-order valence-corrected chi connectivity index (χ2v) is 3.51. The zero-order valence-corrected chi connectivity index (χ0v) is 9.26. The lowest BCUT2D eigenvalue weighted by molar-refractivity contribution is 0.111. The topological polar surface area (TPSA) is 50.1 Å². The monoisotopic (exact) mass is 241 g/mol. The molecule has 0 N–H and O–H groups in total. The Kier molecular flexibility index (Phi) is 3.35. The molecule has 0 unspecified atom stereocenters. The molecule has 0 spiro atoms. The van der Waals surface area contributed by atoms with Gasteiger partial charge in [-0.3, -0.25) is 4.79 Å². The van der Waals surface area contributed by atoms with Crippen LogP contribution in [0, 0.1) is 17.1 Å². The average Bonchev–Trinajstić information content (AvgIpc) is 2.39. The number of aldehydes is 1. The quantitative estimate of drug-likeness (QED) is 0.774. The zero-order valence-electron chi connectivity index (χ0n) is 9.26. The Morgan fingerprint density at radius 2 is 2.00 bits per heavy atom. The number of hydrogen-bond donors (Lipinski definition) is 0. The van der Waals surface area contributed by atoms with Crippen LogP contribution >= 0.6 is 0 Å². The fraction of sp³-hybridized carbons (Fsp3) is 0. The number of ether oxygens (including phenoxy) is 1. The second kappa shape index (κ2) is 5.11. The summed E-state index contributed by atoms with van der Waals surface area (Å²) in [5, 5.41) is 8.75. The molecule has 2 aromatic rings. The summed E-state index contributed by atoms with van der Waals surface area (Å²) in [6, 6.07) is 12.5. The van der Waals surface area contributed by atoms with Crippen LogP contribution in [0.25, 0.3) is 0 Å². The fourth-order valence-electron chi connectivity index (χ4n) is 1.48. The molecule has 0 aromatic heterocycles. The molecule has 0 atom stereocenters. The summed E-state index contributed by atoms with van der Waals surface area (Å²) in [5.41, 5.74) is 0.288. The van der Waals surface area contributed by atoms with Gasteiger partial charge in [-0.25, -0.2) is 4.39 Å². The number of hydrogen-bond acceptors (Lipinski definition) is 3. The molecule has 0 bridgehead atoms. The largest absolute Gasteiger partial charge is 0.456 e. The van der Waals surface area contributed by atoms with Crippen molar-refractivity contribution in [1.82, 2.24) is 0 Å². The molecule has 2 aromatic carbocycles. The van der Waals surface area contributed by atoms with Crippen LogP contribution in [-0.4, -0.2) is 6.29 Å². The Morgan fingerprint density at radius 3 is 2.72 bits per heavy atom. The number of carbonyl (C=O) groups is 1. The summed E-state index contributed by atoms with van der Waals surface area (Å²) >= 11 is 0. The van der Waals surface area contributed by atoms with Gasteiger partial charge in [0.25, 0.3) is 0 Å². The maximum Gasteiger partial charge on any atom is 0.156 e. The van der Waals surface area contributed by atoms with Gasteiger partial charge < -0.3 is 4.74 Å². The molecule has 0 aliphatic carbocycles. The first-order valence-corrected chi connectivity index (χ1v) is 5.16. The van der Waals surface area contributed by atoms with Gasteiger partial charge in [0.05, 0.1) is 17.2 Å². The molecule has 3 nitrogen and oxygen atoms in total. The van der Waals surface area contributed by atoms with Crippen LogP contribution in [0.4, 0.5) is 4.39 Å². The highest BCUT2D eigenvalue weighted by Crippen LogP contribution is 2.26. The third kappa shape index (κ3) is 2.36. The third-order valence-electron chi connectivity index (χ3n) is 2.32. The average molecular weight is 241 g/mol. The van der Waals surface area contributed by atoms with Crippen molar-refractivity contribution in [3.8, 4) is 17.6 Å². The van der Waals surface area contributed by atoms with E-state index < -0.39 is 5.82 Å². The third-order valence-corrected chi connectivity index (χ3v) is 2.32. The smallest absolute Gasteiger partial charge is 0.156 e. The van der Waals surface area contributed by atoms with E-state index in [0.717, 1.165) is 0 Å². The zero-order chi connectivity index (χ0) is 13.0. The van der Waals surface area contributed by atoms with E-state index in [2.05, 4.69) is 0 Å². The van der Waals surface area contributed by atoms with E-state index >= 15 is 0 Å². The van der Waals surface area contributed by atoms with Crippen molar-refractivity contribution in [3.63, 3.8) is 0 Å². The minimum Gasteiger partial charge on any atom is -0.456 e. The van der Waals surface area contributed by atoms with E-state index in [1.165, 1.54) is 24.3 Å². The SMILES string of the molecule is N#Cc1cccc(Oc2cccc(F)c2C=O)c1. The van der Waals surface area contributed by atoms with Gasteiger partial charge in [-0.05, 0) is 30.3 Å². The van der Waals surface area contributed by atoms with E-state index in [4.69, 9.17) is 10.00 Å². The van der Waals surface area contributed by atoms with Crippen molar-refractivity contribution in [3.05, 3.63) is 59.4 Å². The molecule has 0 saturated carbocycles. The van der Waals surface area contributed by atoms with Crippen LogP contribution in [0.5, 0.6) is 11.5 Å². The molecule has 2 rings (SSSR count). The molecule has 0 fully saturated rings. The van der Waals surface area contributed by atoms with Gasteiger partial charge in [-0.1, -0.05) is 12.1 Å². The Balaban J connectivity index is 2.37. The normalized spacial score (nSPS) is 9.56. The highest BCUT2D eigenvalue weighted by Gasteiger charge is 2.09. The molecule has 18 heavy (non-hydrogen) atoms. The van der Waals surface area contributed by atoms with Gasteiger partial charge in [0, 0.05) is 0 Å². The molecule has 0 radical (unpaired) electrons. The Bertz CT molecular complexity index is 632. The Labute approximate surface area is 103 Å². The van der Waals surface area contributed by atoms with Crippen LogP contribution in [0.3, 0.4) is 0 Å². The van der Waals surface area contributed by atoms with Gasteiger partial charge in [-0.2, -0.15) is 5.26 Å². The van der Waals surface area contributed by atoms with Gasteiger partial charge in [-0.15, -0.1) is 0 Å². The van der Waals surface area contributed by atoms with Crippen molar-refractivity contribution in [2.75, 3.05) is 0 Å². The standard InChI is InChI=1S/C14H8FNO2/c15-13-5-2-6-14(12(13)9-17)18-11-4-1-3-10(7-11)8-16/h1-7,9H. The summed E-state index contributed by atoms with van der Waals surface area (Å²) < 4.78 is 18.7.